The van der Waals surface area contributed by atoms with E-state index in [1.807, 2.05) is 17.5 Å². The van der Waals surface area contributed by atoms with Crippen LogP contribution >= 0.6 is 11.3 Å². The number of benzene rings is 1. The maximum Gasteiger partial charge on any atom is 0.306 e. The highest BCUT2D eigenvalue weighted by molar-refractivity contribution is 7.09. The summed E-state index contributed by atoms with van der Waals surface area (Å²) in [6, 6.07) is 8.82. The number of ketones is 1. The highest BCUT2D eigenvalue weighted by atomic mass is 32.1. The van der Waals surface area contributed by atoms with Gasteiger partial charge in [0.15, 0.2) is 23.9 Å². The lowest BCUT2D eigenvalue weighted by Gasteiger charge is -2.05. The average molecular weight is 318 g/mol. The topological polar surface area (TPSA) is 61.8 Å². The van der Waals surface area contributed by atoms with Gasteiger partial charge >= 0.3 is 5.97 Å². The first-order chi connectivity index (χ1) is 10.7. The van der Waals surface area contributed by atoms with Crippen molar-refractivity contribution in [2.24, 2.45) is 0 Å². The Kier molecular flexibility index (Phi) is 4.39. The largest absolute Gasteiger partial charge is 0.457 e. The van der Waals surface area contributed by atoms with Gasteiger partial charge in [-0.05, 0) is 36.1 Å². The molecule has 0 saturated heterocycles. The molecule has 114 valence electrons. The lowest BCUT2D eigenvalue weighted by Crippen LogP contribution is -2.14. The third-order valence-corrected chi connectivity index (χ3v) is 4.15. The van der Waals surface area contributed by atoms with Gasteiger partial charge in [-0.15, -0.1) is 11.3 Å². The second-order valence-electron chi connectivity index (χ2n) is 4.73. The van der Waals surface area contributed by atoms with Crippen LogP contribution in [0.2, 0.25) is 0 Å². The Hall–Kier alpha value is -2.34. The number of carbonyl (C=O) groups is 2. The molecule has 1 aliphatic rings. The molecular weight excluding hydrogens is 304 g/mol. The quantitative estimate of drug-likeness (QED) is 0.605. The lowest BCUT2D eigenvalue weighted by atomic mass is 10.1. The van der Waals surface area contributed by atoms with E-state index in [1.165, 1.54) is 0 Å². The van der Waals surface area contributed by atoms with Crippen LogP contribution in [-0.4, -0.2) is 25.2 Å². The Labute approximate surface area is 131 Å². The van der Waals surface area contributed by atoms with Gasteiger partial charge in [-0.25, -0.2) is 0 Å². The van der Waals surface area contributed by atoms with Crippen molar-refractivity contribution in [2.45, 2.75) is 12.8 Å². The minimum atomic E-state index is -0.373. The molecule has 2 heterocycles. The molecule has 0 spiro atoms. The third-order valence-electron chi connectivity index (χ3n) is 3.21. The van der Waals surface area contributed by atoms with Crippen LogP contribution in [0.3, 0.4) is 0 Å². The standard InChI is InChI=1S/C16H14O5S/c17-13(11-3-5-14-15(8-11)21-10-20-14)9-19-16(18)6-4-12-2-1-7-22-12/h1-3,5,7-8H,4,6,9-10H2. The SMILES string of the molecule is O=C(CCc1cccs1)OCC(=O)c1ccc2c(c1)OCO2. The van der Waals surface area contributed by atoms with Crippen molar-refractivity contribution < 1.29 is 23.8 Å². The second kappa shape index (κ2) is 6.62. The first-order valence-corrected chi connectivity index (χ1v) is 7.71. The molecule has 0 unspecified atom stereocenters. The van der Waals surface area contributed by atoms with Crippen LogP contribution in [0.4, 0.5) is 0 Å². The van der Waals surface area contributed by atoms with E-state index in [2.05, 4.69) is 0 Å². The minimum Gasteiger partial charge on any atom is -0.457 e. The summed E-state index contributed by atoms with van der Waals surface area (Å²) >= 11 is 1.60. The summed E-state index contributed by atoms with van der Waals surface area (Å²) in [5.41, 5.74) is 0.440. The number of thiophene rings is 1. The number of carbonyl (C=O) groups excluding carboxylic acids is 2. The van der Waals surface area contributed by atoms with Crippen LogP contribution in [-0.2, 0) is 16.0 Å². The van der Waals surface area contributed by atoms with E-state index in [0.717, 1.165) is 4.88 Å². The Morgan fingerprint density at radius 1 is 1.18 bits per heavy atom. The van der Waals surface area contributed by atoms with Crippen LogP contribution in [0.5, 0.6) is 11.5 Å². The molecule has 6 heteroatoms. The molecule has 0 N–H and O–H groups in total. The number of esters is 1. The van der Waals surface area contributed by atoms with E-state index in [-0.39, 0.29) is 31.6 Å². The number of hydrogen-bond acceptors (Lipinski definition) is 6. The fraction of sp³-hybridized carbons (Fsp3) is 0.250. The summed E-state index contributed by atoms with van der Waals surface area (Å²) in [6.45, 7) is -0.104. The summed E-state index contributed by atoms with van der Waals surface area (Å²) in [6.07, 6.45) is 0.906. The fourth-order valence-electron chi connectivity index (χ4n) is 2.05. The van der Waals surface area contributed by atoms with Crippen LogP contribution < -0.4 is 9.47 Å². The molecule has 0 fully saturated rings. The molecule has 1 aromatic carbocycles. The number of aryl methyl sites for hydroxylation is 1. The van der Waals surface area contributed by atoms with Crippen molar-refractivity contribution in [3.63, 3.8) is 0 Å². The molecule has 3 rings (SSSR count). The van der Waals surface area contributed by atoms with Gasteiger partial charge in [-0.2, -0.15) is 0 Å². The zero-order chi connectivity index (χ0) is 15.4. The molecular formula is C16H14O5S. The molecule has 22 heavy (non-hydrogen) atoms. The monoisotopic (exact) mass is 318 g/mol. The Morgan fingerprint density at radius 3 is 2.86 bits per heavy atom. The number of hydrogen-bond donors (Lipinski definition) is 0. The van der Waals surface area contributed by atoms with Gasteiger partial charge in [0.25, 0.3) is 0 Å². The first-order valence-electron chi connectivity index (χ1n) is 6.83. The van der Waals surface area contributed by atoms with Crippen molar-refractivity contribution in [1.29, 1.82) is 0 Å². The van der Waals surface area contributed by atoms with Crippen molar-refractivity contribution >= 4 is 23.1 Å². The minimum absolute atomic E-state index is 0.157. The van der Waals surface area contributed by atoms with Crippen molar-refractivity contribution in [3.05, 3.63) is 46.2 Å². The fourth-order valence-corrected chi connectivity index (χ4v) is 2.76. The normalized spacial score (nSPS) is 12.2. The Balaban J connectivity index is 1.48. The van der Waals surface area contributed by atoms with E-state index in [0.29, 0.717) is 23.5 Å². The van der Waals surface area contributed by atoms with Gasteiger partial charge in [0.05, 0.1) is 6.42 Å². The zero-order valence-corrected chi connectivity index (χ0v) is 12.6. The maximum absolute atomic E-state index is 12.0. The van der Waals surface area contributed by atoms with Crippen LogP contribution in [0, 0.1) is 0 Å². The van der Waals surface area contributed by atoms with Crippen molar-refractivity contribution in [3.8, 4) is 11.5 Å². The van der Waals surface area contributed by atoms with Gasteiger partial charge in [0.1, 0.15) is 0 Å². The highest BCUT2D eigenvalue weighted by Gasteiger charge is 2.17. The van der Waals surface area contributed by atoms with Gasteiger partial charge < -0.3 is 14.2 Å². The summed E-state index contributed by atoms with van der Waals surface area (Å²) in [4.78, 5) is 24.8. The molecule has 0 atom stereocenters. The van der Waals surface area contributed by atoms with Gasteiger partial charge in [-0.3, -0.25) is 9.59 Å². The zero-order valence-electron chi connectivity index (χ0n) is 11.7. The summed E-state index contributed by atoms with van der Waals surface area (Å²) in [7, 11) is 0. The molecule has 0 amide bonds. The van der Waals surface area contributed by atoms with E-state index in [4.69, 9.17) is 14.2 Å². The second-order valence-corrected chi connectivity index (χ2v) is 5.76. The van der Waals surface area contributed by atoms with Gasteiger partial charge in [-0.1, -0.05) is 6.07 Å². The molecule has 5 nitrogen and oxygen atoms in total. The first kappa shape index (κ1) is 14.6. The molecule has 0 bridgehead atoms. The van der Waals surface area contributed by atoms with Crippen LogP contribution in [0.15, 0.2) is 35.7 Å². The molecule has 0 radical (unpaired) electrons. The molecule has 0 saturated carbocycles. The predicted octanol–water partition coefficient (Wildman–Crippen LogP) is 2.84. The molecule has 2 aromatic rings. The van der Waals surface area contributed by atoms with E-state index in [1.54, 1.807) is 29.5 Å². The van der Waals surface area contributed by atoms with Gasteiger partial charge in [0, 0.05) is 10.4 Å². The average Bonchev–Trinajstić information content (AvgIpc) is 3.20. The number of ether oxygens (including phenoxy) is 3. The molecule has 1 aliphatic heterocycles. The van der Waals surface area contributed by atoms with Gasteiger partial charge in [0.2, 0.25) is 6.79 Å². The number of fused-ring (bicyclic) bond motifs is 1. The lowest BCUT2D eigenvalue weighted by molar-refractivity contribution is -0.142. The van der Waals surface area contributed by atoms with E-state index < -0.39 is 0 Å². The third kappa shape index (κ3) is 3.46. The van der Waals surface area contributed by atoms with E-state index >= 15 is 0 Å². The highest BCUT2D eigenvalue weighted by Crippen LogP contribution is 2.32. The maximum atomic E-state index is 12.0. The summed E-state index contributed by atoms with van der Waals surface area (Å²) in [5.74, 6) is 0.518. The van der Waals surface area contributed by atoms with Crippen LogP contribution in [0.25, 0.3) is 0 Å². The Bertz CT molecular complexity index is 678. The predicted molar refractivity (Wildman–Crippen MR) is 80.5 cm³/mol. The van der Waals surface area contributed by atoms with Crippen LogP contribution in [0.1, 0.15) is 21.7 Å². The Morgan fingerprint density at radius 2 is 2.05 bits per heavy atom. The number of rotatable bonds is 6. The summed E-state index contributed by atoms with van der Waals surface area (Å²) < 4.78 is 15.4. The molecule has 0 aliphatic carbocycles. The smallest absolute Gasteiger partial charge is 0.306 e. The van der Waals surface area contributed by atoms with Crippen molar-refractivity contribution in [1.82, 2.24) is 0 Å². The molecule has 1 aromatic heterocycles. The number of Topliss-reactive ketones (excluding diaryl/α,β-unsaturated/α-hetero) is 1. The summed E-state index contributed by atoms with van der Waals surface area (Å²) in [5, 5.41) is 1.96. The van der Waals surface area contributed by atoms with E-state index in [9.17, 15) is 9.59 Å². The van der Waals surface area contributed by atoms with Crippen molar-refractivity contribution in [2.75, 3.05) is 13.4 Å².